The minimum atomic E-state index is -4.42. The average Bonchev–Trinajstić information content (AvgIpc) is 2.93. The first-order chi connectivity index (χ1) is 7.93. The smallest absolute Gasteiger partial charge is 0.426 e. The first-order valence-corrected chi connectivity index (χ1v) is 5.72. The zero-order valence-corrected chi connectivity index (χ0v) is 9.96. The Morgan fingerprint density at radius 1 is 1.29 bits per heavy atom. The van der Waals surface area contributed by atoms with Crippen molar-refractivity contribution in [2.24, 2.45) is 0 Å². The fraction of sp³-hybridized carbons (Fsp3) is 0.900. The highest BCUT2D eigenvalue weighted by atomic mass is 19.4. The van der Waals surface area contributed by atoms with E-state index in [9.17, 15) is 18.0 Å². The molecule has 2 atom stereocenters. The summed E-state index contributed by atoms with van der Waals surface area (Å²) in [6.45, 7) is 3.83. The summed E-state index contributed by atoms with van der Waals surface area (Å²) >= 11 is 0. The number of unbranched alkanes of at least 4 members (excludes halogenated alkanes) is 2. The molecule has 1 fully saturated rings. The highest BCUT2D eigenvalue weighted by Gasteiger charge is 2.64. The highest BCUT2D eigenvalue weighted by molar-refractivity contribution is 5.69. The van der Waals surface area contributed by atoms with Crippen LogP contribution in [0.1, 0.15) is 33.1 Å². The molecule has 17 heavy (non-hydrogen) atoms. The predicted molar refractivity (Wildman–Crippen MR) is 54.9 cm³/mol. The third-order valence-corrected chi connectivity index (χ3v) is 2.47. The topological polar surface area (TPSA) is 32.3 Å². The van der Waals surface area contributed by atoms with Crippen molar-refractivity contribution in [3.05, 3.63) is 0 Å². The molecule has 1 heterocycles. The Morgan fingerprint density at radius 3 is 2.41 bits per heavy atom. The van der Waals surface area contributed by atoms with Gasteiger partial charge in [-0.15, -0.1) is 0 Å². The largest absolute Gasteiger partial charge is 0.449 e. The molecule has 4 nitrogen and oxygen atoms in total. The Balaban J connectivity index is 2.52. The van der Waals surface area contributed by atoms with Crippen LogP contribution in [0.3, 0.4) is 0 Å². The molecule has 2 unspecified atom stereocenters. The van der Waals surface area contributed by atoms with Gasteiger partial charge in [0, 0.05) is 6.54 Å². The molecular weight excluding hydrogens is 237 g/mol. The second-order valence-electron chi connectivity index (χ2n) is 3.83. The quantitative estimate of drug-likeness (QED) is 0.558. The van der Waals surface area contributed by atoms with Crippen LogP contribution in [0.2, 0.25) is 0 Å². The molecule has 0 aliphatic carbocycles. The number of carbonyl (C=O) groups excluding carboxylic acids is 1. The van der Waals surface area contributed by atoms with E-state index in [-0.39, 0.29) is 13.2 Å². The number of ether oxygens (including phenoxy) is 1. The van der Waals surface area contributed by atoms with Crippen LogP contribution in [-0.2, 0) is 4.74 Å². The molecule has 0 saturated carbocycles. The minimum absolute atomic E-state index is 0.0721. The number of hydrogen-bond donors (Lipinski definition) is 0. The van der Waals surface area contributed by atoms with Gasteiger partial charge in [-0.25, -0.2) is 9.80 Å². The molecule has 0 spiro atoms. The summed E-state index contributed by atoms with van der Waals surface area (Å²) < 4.78 is 42.3. The third-order valence-electron chi connectivity index (χ3n) is 2.47. The van der Waals surface area contributed by atoms with Crippen LogP contribution >= 0.6 is 0 Å². The van der Waals surface area contributed by atoms with Crippen molar-refractivity contribution in [2.75, 3.05) is 13.2 Å². The maximum absolute atomic E-state index is 12.6. The van der Waals surface area contributed by atoms with Gasteiger partial charge in [0.05, 0.1) is 6.61 Å². The average molecular weight is 254 g/mol. The van der Waals surface area contributed by atoms with E-state index in [4.69, 9.17) is 0 Å². The zero-order chi connectivity index (χ0) is 13.1. The molecule has 0 aromatic rings. The van der Waals surface area contributed by atoms with Crippen LogP contribution in [0.15, 0.2) is 0 Å². The molecule has 7 heteroatoms. The summed E-state index contributed by atoms with van der Waals surface area (Å²) in [5.41, 5.74) is 0. The van der Waals surface area contributed by atoms with Crippen LogP contribution in [0, 0.1) is 0 Å². The van der Waals surface area contributed by atoms with E-state index in [2.05, 4.69) is 4.74 Å². The van der Waals surface area contributed by atoms with E-state index in [1.54, 1.807) is 6.92 Å². The minimum Gasteiger partial charge on any atom is -0.449 e. The lowest BCUT2D eigenvalue weighted by molar-refractivity contribution is -0.141. The van der Waals surface area contributed by atoms with Gasteiger partial charge in [-0.2, -0.15) is 18.2 Å². The predicted octanol–water partition coefficient (Wildman–Crippen LogP) is 2.75. The molecule has 0 aromatic heterocycles. The zero-order valence-electron chi connectivity index (χ0n) is 9.96. The SMILES string of the molecule is CCCCCN1C(C(F)(F)F)N1C(=O)OCC. The molecule has 1 saturated heterocycles. The van der Waals surface area contributed by atoms with Gasteiger partial charge < -0.3 is 4.74 Å². The van der Waals surface area contributed by atoms with Crippen LogP contribution < -0.4 is 0 Å². The molecule has 100 valence electrons. The Morgan fingerprint density at radius 2 is 1.94 bits per heavy atom. The molecule has 0 radical (unpaired) electrons. The van der Waals surface area contributed by atoms with Crippen molar-refractivity contribution in [1.82, 2.24) is 10.0 Å². The van der Waals surface area contributed by atoms with Crippen LogP contribution in [-0.4, -0.2) is 41.6 Å². The fourth-order valence-corrected chi connectivity index (χ4v) is 1.66. The van der Waals surface area contributed by atoms with Gasteiger partial charge in [0.2, 0.25) is 6.17 Å². The summed E-state index contributed by atoms with van der Waals surface area (Å²) in [5.74, 6) is 0. The lowest BCUT2D eigenvalue weighted by Gasteiger charge is -2.04. The number of rotatable bonds is 5. The van der Waals surface area contributed by atoms with E-state index in [0.29, 0.717) is 11.4 Å². The van der Waals surface area contributed by atoms with Crippen LogP contribution in [0.4, 0.5) is 18.0 Å². The Kier molecular flexibility index (Phi) is 4.62. The van der Waals surface area contributed by atoms with Gasteiger partial charge in [0.25, 0.3) is 0 Å². The molecule has 0 bridgehead atoms. The molecular formula is C10H17F3N2O2. The van der Waals surface area contributed by atoms with Crippen LogP contribution in [0.25, 0.3) is 0 Å². The first kappa shape index (κ1) is 14.1. The number of amides is 1. The van der Waals surface area contributed by atoms with E-state index >= 15 is 0 Å². The number of hydrazine groups is 1. The van der Waals surface area contributed by atoms with E-state index in [1.165, 1.54) is 0 Å². The summed E-state index contributed by atoms with van der Waals surface area (Å²) in [4.78, 5) is 11.3. The van der Waals surface area contributed by atoms with E-state index < -0.39 is 18.4 Å². The standard InChI is InChI=1S/C10H17F3N2O2/c1-3-5-6-7-14-8(10(11,12)13)15(14)9(16)17-4-2/h8H,3-7H2,1-2H3. The van der Waals surface area contributed by atoms with Gasteiger partial charge in [-0.1, -0.05) is 19.8 Å². The lowest BCUT2D eigenvalue weighted by atomic mass is 10.2. The normalized spacial score (nSPS) is 23.7. The van der Waals surface area contributed by atoms with Crippen molar-refractivity contribution in [1.29, 1.82) is 0 Å². The van der Waals surface area contributed by atoms with Gasteiger partial charge in [0.1, 0.15) is 0 Å². The second kappa shape index (κ2) is 5.57. The molecule has 1 amide bonds. The van der Waals surface area contributed by atoms with Crippen LogP contribution in [0.5, 0.6) is 0 Å². The molecule has 1 aliphatic heterocycles. The van der Waals surface area contributed by atoms with Crippen molar-refractivity contribution in [2.45, 2.75) is 45.5 Å². The number of carbonyl (C=O) groups is 1. The fourth-order valence-electron chi connectivity index (χ4n) is 1.66. The molecule has 0 N–H and O–H groups in total. The Labute approximate surface area is 98.3 Å². The van der Waals surface area contributed by atoms with E-state index in [0.717, 1.165) is 17.9 Å². The van der Waals surface area contributed by atoms with Gasteiger partial charge in [0.15, 0.2) is 0 Å². The number of hydrogen-bond acceptors (Lipinski definition) is 3. The molecule has 0 aromatic carbocycles. The van der Waals surface area contributed by atoms with Crippen molar-refractivity contribution in [3.63, 3.8) is 0 Å². The van der Waals surface area contributed by atoms with Crippen molar-refractivity contribution in [3.8, 4) is 0 Å². The summed E-state index contributed by atoms with van der Waals surface area (Å²) in [6, 6.07) is 0. The summed E-state index contributed by atoms with van der Waals surface area (Å²) in [7, 11) is 0. The molecule has 1 rings (SSSR count). The Bertz CT molecular complexity index is 271. The second-order valence-corrected chi connectivity index (χ2v) is 3.83. The monoisotopic (exact) mass is 254 g/mol. The highest BCUT2D eigenvalue weighted by Crippen LogP contribution is 2.40. The number of alkyl halides is 3. The maximum Gasteiger partial charge on any atom is 0.426 e. The van der Waals surface area contributed by atoms with Gasteiger partial charge >= 0.3 is 12.3 Å². The van der Waals surface area contributed by atoms with Gasteiger partial charge in [-0.05, 0) is 13.3 Å². The van der Waals surface area contributed by atoms with Crippen molar-refractivity contribution < 1.29 is 22.7 Å². The van der Waals surface area contributed by atoms with Crippen molar-refractivity contribution >= 4 is 6.09 Å². The summed E-state index contributed by atoms with van der Waals surface area (Å²) in [5, 5.41) is 1.65. The van der Waals surface area contributed by atoms with Gasteiger partial charge in [-0.3, -0.25) is 0 Å². The maximum atomic E-state index is 12.6. The third kappa shape index (κ3) is 3.49. The van der Waals surface area contributed by atoms with E-state index in [1.807, 2.05) is 6.92 Å². The number of halogens is 3. The summed E-state index contributed by atoms with van der Waals surface area (Å²) in [6.07, 6.45) is -4.75. The first-order valence-electron chi connectivity index (χ1n) is 5.72. The number of nitrogens with zero attached hydrogens (tertiary/aromatic N) is 2. The lowest BCUT2D eigenvalue weighted by Crippen LogP contribution is -2.25. The molecule has 1 aliphatic rings. The Hall–Kier alpha value is -0.980.